The zero-order valence-electron chi connectivity index (χ0n) is 57.7. The van der Waals surface area contributed by atoms with Gasteiger partial charge in [-0.2, -0.15) is 9.13 Å². The average Bonchev–Trinajstić information content (AvgIpc) is 1.55. The first-order valence-corrected chi connectivity index (χ1v) is 34.4. The highest BCUT2D eigenvalue weighted by Crippen LogP contribution is 2.39. The number of benzene rings is 1. The normalized spacial score (nSPS) is 13.5. The molecule has 0 radical (unpaired) electrons. The van der Waals surface area contributed by atoms with Gasteiger partial charge in [-0.15, -0.1) is 4.57 Å². The standard InChI is InChI=1S/C20H14N5.2C15H12N5.C14H9N4O.C14H9N4S/c1-2-7-15(8-3-1)25-18-16(13-23-11-5-10-22-19(18)23)24-12-14-6-4-9-21-17(14)20(24)25;2*1-18-13-11(9-19-7-3-6-17-14(13)19)20-8-10-4-2-5-16-12(10)15(18)20;2*1-3-9-7-18-10-8-17-6-2-5-16-13(17)12(10)19-14(18)11(9)15-4-1/h1-11,13H,12H2;2*2-7,9H,8H2,1H3;2*1-6,8H,7H2/q5*+1/i;1D3;;;. The lowest BCUT2D eigenvalue weighted by Gasteiger charge is -2.01. The van der Waals surface area contributed by atoms with Crippen LogP contribution in [0.1, 0.15) is 31.9 Å². The molecule has 103 heavy (non-hydrogen) atoms. The van der Waals surface area contributed by atoms with Crippen LogP contribution in [0.4, 0.5) is 0 Å². The molecular formula is C78H56N23OS+5. The summed E-state index contributed by atoms with van der Waals surface area (Å²) in [5.41, 5.74) is 25.9. The van der Waals surface area contributed by atoms with Gasteiger partial charge in [0.2, 0.25) is 27.6 Å². The van der Waals surface area contributed by atoms with Crippen LogP contribution in [0, 0.1) is 0 Å². The van der Waals surface area contributed by atoms with Crippen LogP contribution in [0.3, 0.4) is 0 Å². The molecule has 490 valence electrons. The molecule has 5 aliphatic heterocycles. The van der Waals surface area contributed by atoms with E-state index in [1.807, 2.05) is 161 Å². The second kappa shape index (κ2) is 21.8. The van der Waals surface area contributed by atoms with Gasteiger partial charge in [-0.3, -0.25) is 4.40 Å². The van der Waals surface area contributed by atoms with Crippen molar-refractivity contribution in [3.05, 3.63) is 273 Å². The fourth-order valence-corrected chi connectivity index (χ4v) is 17.1. The maximum absolute atomic E-state index is 8.01. The molecule has 26 rings (SSSR count). The number of nitrogens with zero attached hydrogens (tertiary/aromatic N) is 23. The first kappa shape index (κ1) is 54.1. The summed E-state index contributed by atoms with van der Waals surface area (Å²) in [5, 5.41) is 1.24. The lowest BCUT2D eigenvalue weighted by Crippen LogP contribution is -2.31. The van der Waals surface area contributed by atoms with Crippen LogP contribution >= 0.6 is 11.3 Å². The molecule has 0 saturated carbocycles. The van der Waals surface area contributed by atoms with E-state index in [1.54, 1.807) is 36.1 Å². The molecule has 21 aromatic rings. The molecule has 5 aliphatic rings. The highest BCUT2D eigenvalue weighted by molar-refractivity contribution is 7.22. The largest absolute Gasteiger partial charge is 0.401 e. The summed E-state index contributed by atoms with van der Waals surface area (Å²) in [6.07, 6.45) is 38.5. The Morgan fingerprint density at radius 1 is 0.398 bits per heavy atom. The summed E-state index contributed by atoms with van der Waals surface area (Å²) in [6.45, 7) is 1.75. The third-order valence-electron chi connectivity index (χ3n) is 20.2. The van der Waals surface area contributed by atoms with Gasteiger partial charge in [0.1, 0.15) is 30.0 Å². The SMILES string of the molecule is C[n+]1c2n(c3cn4cccnc4c31)Cc1cccnc1-2.[2H]C([2H])([2H])[n+]1c2n(c3cn4cccnc4c31)Cc1cccnc1-2.c1ccc(-n2c3[n+](c4cn5cccnc5c42)Cc2cccnc2-3)cc1.c1cnc2c(c1)C[n+]1c-2oc2c3ncccn3cc21.c1cnc2c(c1)C[n+]1c-2sc2c3ncccn3cc21. The Bertz CT molecular complexity index is 7090. The minimum Gasteiger partial charge on any atom is -0.392 e. The summed E-state index contributed by atoms with van der Waals surface area (Å²) >= 11 is 1.78. The summed E-state index contributed by atoms with van der Waals surface area (Å²) in [4.78, 5) is 44.9. The molecule has 24 nitrogen and oxygen atoms in total. The van der Waals surface area contributed by atoms with Crippen molar-refractivity contribution >= 4 is 94.0 Å². The average molecular weight is 1370 g/mol. The smallest absolute Gasteiger partial charge is 0.392 e. The van der Waals surface area contributed by atoms with Crippen molar-refractivity contribution < 1.29 is 31.4 Å². The van der Waals surface area contributed by atoms with Crippen molar-refractivity contribution in [2.45, 2.75) is 32.7 Å². The van der Waals surface area contributed by atoms with E-state index in [9.17, 15) is 0 Å². The minimum absolute atomic E-state index is 0.620. The van der Waals surface area contributed by atoms with Crippen molar-refractivity contribution in [2.75, 3.05) is 0 Å². The van der Waals surface area contributed by atoms with Crippen molar-refractivity contribution in [1.29, 1.82) is 0 Å². The number of pyridine rings is 5. The van der Waals surface area contributed by atoms with E-state index in [2.05, 4.69) is 171 Å². The molecule has 0 atom stereocenters. The number of imidazole rings is 3. The van der Waals surface area contributed by atoms with Crippen molar-refractivity contribution in [2.24, 2.45) is 14.0 Å². The Balaban J connectivity index is 0.0000000830. The number of hydrogen-bond acceptors (Lipinski definition) is 12. The second-order valence-electron chi connectivity index (χ2n) is 25.9. The Morgan fingerprint density at radius 2 is 0.854 bits per heavy atom. The van der Waals surface area contributed by atoms with Gasteiger partial charge in [0.05, 0.1) is 60.2 Å². The van der Waals surface area contributed by atoms with Crippen LogP contribution in [0.25, 0.3) is 145 Å². The maximum Gasteiger partial charge on any atom is 0.401 e. The highest BCUT2D eigenvalue weighted by Gasteiger charge is 2.42. The molecule has 0 saturated heterocycles. The van der Waals surface area contributed by atoms with Crippen LogP contribution in [0.2, 0.25) is 0 Å². The molecule has 25 heteroatoms. The number of rotatable bonds is 1. The van der Waals surface area contributed by atoms with Gasteiger partial charge in [-0.1, -0.05) is 47.7 Å². The summed E-state index contributed by atoms with van der Waals surface area (Å²) < 4.78 is 58.4. The van der Waals surface area contributed by atoms with Crippen molar-refractivity contribution in [1.82, 2.24) is 85.5 Å². The van der Waals surface area contributed by atoms with Crippen molar-refractivity contribution in [3.63, 3.8) is 0 Å². The summed E-state index contributed by atoms with van der Waals surface area (Å²) in [5.74, 6) is 3.74. The monoisotopic (exact) mass is 1370 g/mol. The molecular weight excluding hydrogens is 1310 g/mol. The molecule has 0 bridgehead atoms. The number of hydrogen-bond donors (Lipinski definition) is 0. The third kappa shape index (κ3) is 8.35. The van der Waals surface area contributed by atoms with E-state index in [1.165, 1.54) is 58.9 Å². The number of aromatic nitrogens is 23. The topological polar surface area (TPSA) is 198 Å². The number of fused-ring (bicyclic) bond motifs is 35. The van der Waals surface area contributed by atoms with Gasteiger partial charge >= 0.3 is 23.4 Å². The first-order chi connectivity index (χ1) is 52.1. The quantitative estimate of drug-likeness (QED) is 0.142. The van der Waals surface area contributed by atoms with Crippen LogP contribution in [0.15, 0.2) is 250 Å². The van der Waals surface area contributed by atoms with Gasteiger partial charge in [0.15, 0.2) is 86.3 Å². The zero-order chi connectivity index (χ0) is 70.2. The predicted molar refractivity (Wildman–Crippen MR) is 384 cm³/mol. The van der Waals surface area contributed by atoms with E-state index in [4.69, 9.17) is 8.53 Å². The van der Waals surface area contributed by atoms with Crippen LogP contribution in [-0.4, -0.2) is 85.5 Å². The molecule has 0 amide bonds. The zero-order valence-corrected chi connectivity index (χ0v) is 55.5. The molecule has 0 spiro atoms. The van der Waals surface area contributed by atoms with Gasteiger partial charge < -0.3 is 22.0 Å². The predicted octanol–water partition coefficient (Wildman–Crippen LogP) is 10.1. The lowest BCUT2D eigenvalue weighted by molar-refractivity contribution is -0.649. The van der Waals surface area contributed by atoms with E-state index in [-0.39, 0.29) is 0 Å². The lowest BCUT2D eigenvalue weighted by atomic mass is 10.2. The Hall–Kier alpha value is -13.8. The number of para-hydroxylation sites is 1. The van der Waals surface area contributed by atoms with E-state index in [0.717, 1.165) is 128 Å². The van der Waals surface area contributed by atoms with Crippen LogP contribution < -0.4 is 22.8 Å². The molecule has 0 aliphatic carbocycles. The van der Waals surface area contributed by atoms with Gasteiger partial charge in [-0.25, -0.2) is 72.7 Å². The van der Waals surface area contributed by atoms with E-state index >= 15 is 0 Å². The van der Waals surface area contributed by atoms with Crippen molar-refractivity contribution in [3.8, 4) is 62.5 Å². The molecule has 20 aromatic heterocycles. The molecule has 25 heterocycles. The van der Waals surface area contributed by atoms with Gasteiger partial charge in [0.25, 0.3) is 10.5 Å². The van der Waals surface area contributed by atoms with Crippen LogP contribution in [-0.2, 0) is 46.7 Å². The van der Waals surface area contributed by atoms with E-state index in [0.29, 0.717) is 23.5 Å². The number of thiazole rings is 1. The fourth-order valence-electron chi connectivity index (χ4n) is 15.8. The maximum atomic E-state index is 8.01. The van der Waals surface area contributed by atoms with Gasteiger partial charge in [0, 0.05) is 110 Å². The minimum atomic E-state index is -2.31. The van der Waals surface area contributed by atoms with Crippen LogP contribution in [0.5, 0.6) is 0 Å². The number of aryl methyl sites for hydroxylation is 2. The third-order valence-corrected chi connectivity index (χ3v) is 21.4. The summed E-state index contributed by atoms with van der Waals surface area (Å²) in [6, 6.07) is 40.4. The molecule has 0 unspecified atom stereocenters. The fraction of sp³-hybridized carbons (Fsp3) is 0.0897. The summed E-state index contributed by atoms with van der Waals surface area (Å²) in [7, 11) is 2.09. The molecule has 0 N–H and O–H groups in total. The van der Waals surface area contributed by atoms with Gasteiger partial charge in [-0.05, 0) is 84.9 Å². The second-order valence-corrected chi connectivity index (χ2v) is 26.9. The van der Waals surface area contributed by atoms with E-state index < -0.39 is 6.98 Å². The first-order valence-electron chi connectivity index (χ1n) is 35.1. The highest BCUT2D eigenvalue weighted by atomic mass is 32.1. The molecule has 1 aromatic carbocycles. The Morgan fingerprint density at radius 3 is 1.49 bits per heavy atom. The Kier molecular flexibility index (Phi) is 11.5. The number of oxazole rings is 1. The molecule has 0 fully saturated rings. The Labute approximate surface area is 590 Å².